The number of carbonyl (C=O) groups excluding carboxylic acids is 2. The van der Waals surface area contributed by atoms with Gasteiger partial charge in [0.1, 0.15) is 0 Å². The van der Waals surface area contributed by atoms with E-state index in [4.69, 9.17) is 4.74 Å². The topological polar surface area (TPSA) is 79.5 Å². The molecule has 1 aromatic rings. The molecule has 124 valence electrons. The molecule has 0 aliphatic heterocycles. The van der Waals surface area contributed by atoms with E-state index < -0.39 is 0 Å². The highest BCUT2D eigenvalue weighted by atomic mass is 35.5. The standard InChI is InChI=1S/C15H23N3O3.ClH/c1-12(19)18-14-5-3-13(4-6-14)11-15(20)17-8-7-16-9-10-21-2;/h3-6,16H,7-11H2,1-2H3,(H,17,20)(H,18,19);1H. The molecule has 0 heterocycles. The number of carbonyl (C=O) groups is 2. The van der Waals surface area contributed by atoms with Gasteiger partial charge in [0.15, 0.2) is 0 Å². The molecule has 0 saturated heterocycles. The Balaban J connectivity index is 0.00000441. The van der Waals surface area contributed by atoms with Gasteiger partial charge in [-0.1, -0.05) is 12.1 Å². The summed E-state index contributed by atoms with van der Waals surface area (Å²) in [4.78, 5) is 22.6. The maximum absolute atomic E-state index is 11.7. The lowest BCUT2D eigenvalue weighted by molar-refractivity contribution is -0.120. The van der Waals surface area contributed by atoms with Crippen LogP contribution in [0.5, 0.6) is 0 Å². The first-order valence-electron chi connectivity index (χ1n) is 6.94. The molecular weight excluding hydrogens is 306 g/mol. The summed E-state index contributed by atoms with van der Waals surface area (Å²) in [5, 5.41) is 8.68. The molecule has 3 N–H and O–H groups in total. The van der Waals surface area contributed by atoms with E-state index in [1.807, 2.05) is 12.1 Å². The van der Waals surface area contributed by atoms with Crippen LogP contribution in [0.4, 0.5) is 5.69 Å². The van der Waals surface area contributed by atoms with Crippen molar-refractivity contribution >= 4 is 29.9 Å². The minimum absolute atomic E-state index is 0. The zero-order chi connectivity index (χ0) is 15.5. The molecule has 1 aromatic carbocycles. The molecule has 6 nitrogen and oxygen atoms in total. The highest BCUT2D eigenvalue weighted by Gasteiger charge is 2.03. The zero-order valence-corrected chi connectivity index (χ0v) is 13.8. The number of nitrogens with one attached hydrogen (secondary N) is 3. The lowest BCUT2D eigenvalue weighted by atomic mass is 10.1. The van der Waals surface area contributed by atoms with Crippen LogP contribution in [-0.2, 0) is 20.7 Å². The number of ether oxygens (including phenoxy) is 1. The molecule has 0 unspecified atom stereocenters. The van der Waals surface area contributed by atoms with Crippen molar-refractivity contribution in [2.75, 3.05) is 38.7 Å². The molecule has 1 rings (SSSR count). The average Bonchev–Trinajstić information content (AvgIpc) is 2.44. The third-order valence-corrected chi connectivity index (χ3v) is 2.75. The van der Waals surface area contributed by atoms with Gasteiger partial charge in [-0.3, -0.25) is 9.59 Å². The number of methoxy groups -OCH3 is 1. The summed E-state index contributed by atoms with van der Waals surface area (Å²) in [6.07, 6.45) is 0.332. The van der Waals surface area contributed by atoms with Crippen LogP contribution in [0, 0.1) is 0 Å². The van der Waals surface area contributed by atoms with Crippen molar-refractivity contribution in [3.05, 3.63) is 29.8 Å². The van der Waals surface area contributed by atoms with Crippen LogP contribution in [0.15, 0.2) is 24.3 Å². The van der Waals surface area contributed by atoms with Gasteiger partial charge in [-0.25, -0.2) is 0 Å². The van der Waals surface area contributed by atoms with Gasteiger partial charge in [0.25, 0.3) is 0 Å². The first-order chi connectivity index (χ1) is 10.1. The summed E-state index contributed by atoms with van der Waals surface area (Å²) in [6.45, 7) is 4.21. The molecular formula is C15H24ClN3O3. The molecule has 0 atom stereocenters. The van der Waals surface area contributed by atoms with Gasteiger partial charge in [0.2, 0.25) is 11.8 Å². The van der Waals surface area contributed by atoms with E-state index in [9.17, 15) is 9.59 Å². The molecule has 0 fully saturated rings. The van der Waals surface area contributed by atoms with Crippen molar-refractivity contribution in [1.29, 1.82) is 0 Å². The smallest absolute Gasteiger partial charge is 0.224 e. The molecule has 2 amide bonds. The third-order valence-electron chi connectivity index (χ3n) is 2.75. The fraction of sp³-hybridized carbons (Fsp3) is 0.467. The number of hydrogen-bond acceptors (Lipinski definition) is 4. The van der Waals surface area contributed by atoms with E-state index in [1.54, 1.807) is 19.2 Å². The summed E-state index contributed by atoms with van der Waals surface area (Å²) in [7, 11) is 1.65. The third kappa shape index (κ3) is 9.33. The Labute approximate surface area is 137 Å². The Morgan fingerprint density at radius 2 is 1.77 bits per heavy atom. The predicted octanol–water partition coefficient (Wildman–Crippen LogP) is 0.961. The zero-order valence-electron chi connectivity index (χ0n) is 13.0. The second-order valence-electron chi connectivity index (χ2n) is 4.65. The van der Waals surface area contributed by atoms with Crippen LogP contribution in [0.1, 0.15) is 12.5 Å². The minimum atomic E-state index is -0.110. The Morgan fingerprint density at radius 3 is 2.36 bits per heavy atom. The average molecular weight is 330 g/mol. The lowest BCUT2D eigenvalue weighted by Crippen LogP contribution is -2.33. The highest BCUT2D eigenvalue weighted by Crippen LogP contribution is 2.09. The van der Waals surface area contributed by atoms with Crippen molar-refractivity contribution in [3.63, 3.8) is 0 Å². The van der Waals surface area contributed by atoms with Crippen LogP contribution in [-0.4, -0.2) is 45.2 Å². The predicted molar refractivity (Wildman–Crippen MR) is 89.5 cm³/mol. The first-order valence-corrected chi connectivity index (χ1v) is 6.94. The number of anilines is 1. The molecule has 0 saturated carbocycles. The number of benzene rings is 1. The van der Waals surface area contributed by atoms with Crippen molar-refractivity contribution in [2.45, 2.75) is 13.3 Å². The van der Waals surface area contributed by atoms with Crippen molar-refractivity contribution in [1.82, 2.24) is 10.6 Å². The van der Waals surface area contributed by atoms with Gasteiger partial charge in [0.05, 0.1) is 13.0 Å². The van der Waals surface area contributed by atoms with Gasteiger partial charge in [-0.2, -0.15) is 0 Å². The van der Waals surface area contributed by atoms with Crippen LogP contribution < -0.4 is 16.0 Å². The summed E-state index contributed by atoms with van der Waals surface area (Å²) in [5.41, 5.74) is 1.64. The number of hydrogen-bond donors (Lipinski definition) is 3. The molecule has 0 bridgehead atoms. The first kappa shape index (κ1) is 20.4. The van der Waals surface area contributed by atoms with E-state index in [-0.39, 0.29) is 24.2 Å². The van der Waals surface area contributed by atoms with Gasteiger partial charge < -0.3 is 20.7 Å². The molecule has 0 radical (unpaired) electrons. The molecule has 0 spiro atoms. The second-order valence-corrected chi connectivity index (χ2v) is 4.65. The van der Waals surface area contributed by atoms with Gasteiger partial charge in [-0.05, 0) is 17.7 Å². The summed E-state index contributed by atoms with van der Waals surface area (Å²) in [5.74, 6) is -0.128. The fourth-order valence-corrected chi connectivity index (χ4v) is 1.75. The Hall–Kier alpha value is -1.63. The summed E-state index contributed by atoms with van der Waals surface area (Å²) >= 11 is 0. The van der Waals surface area contributed by atoms with E-state index in [1.165, 1.54) is 6.92 Å². The fourth-order valence-electron chi connectivity index (χ4n) is 1.75. The Bertz CT molecular complexity index is 452. The van der Waals surface area contributed by atoms with E-state index in [0.717, 1.165) is 24.3 Å². The van der Waals surface area contributed by atoms with Crippen molar-refractivity contribution in [2.24, 2.45) is 0 Å². The lowest BCUT2D eigenvalue weighted by Gasteiger charge is -2.07. The van der Waals surface area contributed by atoms with Gasteiger partial charge in [0, 0.05) is 39.4 Å². The monoisotopic (exact) mass is 329 g/mol. The maximum Gasteiger partial charge on any atom is 0.224 e. The molecule has 7 heteroatoms. The molecule has 0 aromatic heterocycles. The molecule has 0 aliphatic carbocycles. The van der Waals surface area contributed by atoms with Crippen LogP contribution in [0.2, 0.25) is 0 Å². The number of halogens is 1. The van der Waals surface area contributed by atoms with Gasteiger partial charge >= 0.3 is 0 Å². The maximum atomic E-state index is 11.7. The second kappa shape index (κ2) is 12.0. The Kier molecular flexibility index (Phi) is 11.1. The van der Waals surface area contributed by atoms with E-state index in [2.05, 4.69) is 16.0 Å². The normalized spacial score (nSPS) is 9.73. The van der Waals surface area contributed by atoms with Crippen molar-refractivity contribution < 1.29 is 14.3 Å². The molecule has 22 heavy (non-hydrogen) atoms. The van der Waals surface area contributed by atoms with Crippen LogP contribution in [0.3, 0.4) is 0 Å². The highest BCUT2D eigenvalue weighted by molar-refractivity contribution is 5.88. The quantitative estimate of drug-likeness (QED) is 0.590. The van der Waals surface area contributed by atoms with Crippen LogP contribution >= 0.6 is 12.4 Å². The minimum Gasteiger partial charge on any atom is -0.383 e. The Morgan fingerprint density at radius 1 is 1.09 bits per heavy atom. The van der Waals surface area contributed by atoms with Crippen molar-refractivity contribution in [3.8, 4) is 0 Å². The number of rotatable bonds is 9. The van der Waals surface area contributed by atoms with Crippen LogP contribution in [0.25, 0.3) is 0 Å². The van der Waals surface area contributed by atoms with E-state index >= 15 is 0 Å². The largest absolute Gasteiger partial charge is 0.383 e. The molecule has 0 aliphatic rings. The summed E-state index contributed by atoms with van der Waals surface area (Å²) in [6, 6.07) is 7.25. The SMILES string of the molecule is COCCNCCNC(=O)Cc1ccc(NC(C)=O)cc1.Cl. The summed E-state index contributed by atoms with van der Waals surface area (Å²) < 4.78 is 4.91. The number of amides is 2. The van der Waals surface area contributed by atoms with E-state index in [0.29, 0.717) is 19.6 Å². The van der Waals surface area contributed by atoms with Gasteiger partial charge in [-0.15, -0.1) is 12.4 Å².